The molecule has 8 atom stereocenters. The summed E-state index contributed by atoms with van der Waals surface area (Å²) in [6, 6.07) is 0. The van der Waals surface area contributed by atoms with Gasteiger partial charge >= 0.3 is 0 Å². The molecule has 4 rings (SSSR count). The summed E-state index contributed by atoms with van der Waals surface area (Å²) in [5.74, 6) is 1.11. The van der Waals surface area contributed by atoms with Crippen LogP contribution >= 0.6 is 0 Å². The number of aliphatic hydroxyl groups is 3. The Morgan fingerprint density at radius 1 is 1.00 bits per heavy atom. The number of carbonyl (C=O) groups is 1. The Labute approximate surface area is 138 Å². The van der Waals surface area contributed by atoms with E-state index < -0.39 is 23.2 Å². The first kappa shape index (κ1) is 16.0. The second-order valence-corrected chi connectivity index (χ2v) is 9.41. The third kappa shape index (κ3) is 1.92. The quantitative estimate of drug-likeness (QED) is 0.638. The summed E-state index contributed by atoms with van der Waals surface area (Å²) in [6.45, 7) is 4.38. The Bertz CT molecular complexity index is 533. The van der Waals surface area contributed by atoms with Gasteiger partial charge in [-0.3, -0.25) is 4.79 Å². The lowest BCUT2D eigenvalue weighted by atomic mass is 9.43. The number of fused-ring (bicyclic) bond motifs is 5. The minimum absolute atomic E-state index is 0.00530. The molecule has 4 saturated carbocycles. The van der Waals surface area contributed by atoms with Gasteiger partial charge in [-0.15, -0.1) is 0 Å². The van der Waals surface area contributed by atoms with Crippen molar-refractivity contribution in [2.45, 2.75) is 83.0 Å². The van der Waals surface area contributed by atoms with Crippen LogP contribution in [-0.4, -0.2) is 38.9 Å². The van der Waals surface area contributed by atoms with E-state index in [1.807, 2.05) is 6.92 Å². The third-order valence-electron chi connectivity index (χ3n) is 8.45. The number of carbonyl (C=O) groups excluding carboxylic acids is 1. The summed E-state index contributed by atoms with van der Waals surface area (Å²) in [6.07, 6.45) is 4.88. The highest BCUT2D eigenvalue weighted by molar-refractivity contribution is 5.89. The summed E-state index contributed by atoms with van der Waals surface area (Å²) in [5.41, 5.74) is -1.70. The zero-order chi connectivity index (χ0) is 16.6. The Hall–Kier alpha value is -0.450. The number of hydrogen-bond acceptors (Lipinski definition) is 4. The first-order valence-corrected chi connectivity index (χ1v) is 9.33. The summed E-state index contributed by atoms with van der Waals surface area (Å²) < 4.78 is 0. The summed E-state index contributed by atoms with van der Waals surface area (Å²) in [5, 5.41) is 31.5. The summed E-state index contributed by atoms with van der Waals surface area (Å²) in [4.78, 5) is 12.9. The van der Waals surface area contributed by atoms with Gasteiger partial charge in [0.05, 0.1) is 12.2 Å². The molecule has 4 nitrogen and oxygen atoms in total. The Morgan fingerprint density at radius 3 is 2.43 bits per heavy atom. The van der Waals surface area contributed by atoms with Crippen molar-refractivity contribution in [1.29, 1.82) is 0 Å². The molecular weight excluding hydrogens is 292 g/mol. The van der Waals surface area contributed by atoms with Crippen molar-refractivity contribution in [1.82, 2.24) is 0 Å². The van der Waals surface area contributed by atoms with Crippen LogP contribution in [0.2, 0.25) is 0 Å². The first-order valence-electron chi connectivity index (χ1n) is 9.33. The van der Waals surface area contributed by atoms with Crippen molar-refractivity contribution >= 4 is 5.78 Å². The van der Waals surface area contributed by atoms with E-state index in [2.05, 4.69) is 6.92 Å². The third-order valence-corrected chi connectivity index (χ3v) is 8.45. The number of hydrogen-bond donors (Lipinski definition) is 3. The van der Waals surface area contributed by atoms with Gasteiger partial charge in [-0.25, -0.2) is 0 Å². The molecule has 4 aliphatic rings. The monoisotopic (exact) mass is 322 g/mol. The van der Waals surface area contributed by atoms with Gasteiger partial charge in [-0.2, -0.15) is 0 Å². The van der Waals surface area contributed by atoms with E-state index in [-0.39, 0.29) is 18.1 Å². The van der Waals surface area contributed by atoms with Crippen molar-refractivity contribution in [2.75, 3.05) is 0 Å². The van der Waals surface area contributed by atoms with E-state index in [9.17, 15) is 20.1 Å². The Kier molecular flexibility index (Phi) is 3.35. The lowest BCUT2D eigenvalue weighted by Gasteiger charge is -2.63. The second kappa shape index (κ2) is 4.80. The minimum Gasteiger partial charge on any atom is -0.390 e. The van der Waals surface area contributed by atoms with Crippen molar-refractivity contribution < 1.29 is 20.1 Å². The molecule has 130 valence electrons. The predicted molar refractivity (Wildman–Crippen MR) is 85.6 cm³/mol. The molecule has 0 spiro atoms. The van der Waals surface area contributed by atoms with Gasteiger partial charge in [0.1, 0.15) is 5.60 Å². The molecule has 4 aliphatic carbocycles. The molecule has 0 aliphatic heterocycles. The maximum atomic E-state index is 12.9. The Morgan fingerprint density at radius 2 is 1.70 bits per heavy atom. The first-order chi connectivity index (χ1) is 10.7. The topological polar surface area (TPSA) is 77.8 Å². The van der Waals surface area contributed by atoms with E-state index in [4.69, 9.17) is 0 Å². The maximum absolute atomic E-state index is 12.9. The van der Waals surface area contributed by atoms with Crippen LogP contribution in [0.3, 0.4) is 0 Å². The zero-order valence-electron chi connectivity index (χ0n) is 14.3. The fraction of sp³-hybridized carbons (Fsp3) is 0.947. The zero-order valence-corrected chi connectivity index (χ0v) is 14.3. The van der Waals surface area contributed by atoms with Crippen molar-refractivity contribution in [3.05, 3.63) is 0 Å². The molecule has 0 heterocycles. The van der Waals surface area contributed by atoms with Gasteiger partial charge in [-0.1, -0.05) is 20.3 Å². The summed E-state index contributed by atoms with van der Waals surface area (Å²) in [7, 11) is 0. The average Bonchev–Trinajstić information content (AvgIpc) is 2.86. The van der Waals surface area contributed by atoms with E-state index in [1.165, 1.54) is 19.3 Å². The minimum atomic E-state index is -1.46. The lowest BCUT2D eigenvalue weighted by Crippen LogP contribution is -2.69. The van der Waals surface area contributed by atoms with E-state index in [1.54, 1.807) is 0 Å². The predicted octanol–water partition coefficient (Wildman–Crippen LogP) is 2.04. The molecule has 0 radical (unpaired) electrons. The summed E-state index contributed by atoms with van der Waals surface area (Å²) >= 11 is 0. The van der Waals surface area contributed by atoms with Crippen LogP contribution in [0, 0.1) is 28.6 Å². The smallest absolute Gasteiger partial charge is 0.165 e. The van der Waals surface area contributed by atoms with Crippen molar-refractivity contribution in [3.63, 3.8) is 0 Å². The van der Waals surface area contributed by atoms with Gasteiger partial charge in [0.2, 0.25) is 0 Å². The fourth-order valence-electron chi connectivity index (χ4n) is 7.04. The molecule has 0 unspecified atom stereocenters. The normalized spacial score (nSPS) is 59.2. The van der Waals surface area contributed by atoms with Crippen LogP contribution in [0.1, 0.15) is 65.2 Å². The molecule has 23 heavy (non-hydrogen) atoms. The van der Waals surface area contributed by atoms with Gasteiger partial charge in [0, 0.05) is 18.3 Å². The molecule has 3 N–H and O–H groups in total. The van der Waals surface area contributed by atoms with Crippen LogP contribution in [0.4, 0.5) is 0 Å². The molecular formula is C19H30O4. The lowest BCUT2D eigenvalue weighted by molar-refractivity contribution is -0.228. The molecule has 0 aromatic rings. The number of ketones is 1. The average molecular weight is 322 g/mol. The van der Waals surface area contributed by atoms with Crippen LogP contribution in [0.25, 0.3) is 0 Å². The molecule has 4 heteroatoms. The second-order valence-electron chi connectivity index (χ2n) is 9.41. The van der Waals surface area contributed by atoms with Crippen LogP contribution in [0.5, 0.6) is 0 Å². The highest BCUT2D eigenvalue weighted by Crippen LogP contribution is 2.66. The highest BCUT2D eigenvalue weighted by Gasteiger charge is 2.67. The SMILES string of the molecule is C[C@@]12CCC[C@H]1[C@@H]1CC(=O)[C@@]3(O)C[C@H](O)[C@@H](O)C[C@]3(C)[C@H]1CC2. The number of Topliss-reactive ketones (excluding diaryl/α,β-unsaturated/α-hetero) is 1. The molecule has 4 fully saturated rings. The van der Waals surface area contributed by atoms with Crippen LogP contribution in [-0.2, 0) is 4.79 Å². The molecule has 0 saturated heterocycles. The molecule has 0 bridgehead atoms. The van der Waals surface area contributed by atoms with Gasteiger partial charge < -0.3 is 15.3 Å². The highest BCUT2D eigenvalue weighted by atomic mass is 16.3. The van der Waals surface area contributed by atoms with E-state index in [0.717, 1.165) is 12.8 Å². The van der Waals surface area contributed by atoms with Crippen LogP contribution < -0.4 is 0 Å². The fourth-order valence-corrected chi connectivity index (χ4v) is 7.04. The van der Waals surface area contributed by atoms with E-state index >= 15 is 0 Å². The Balaban J connectivity index is 1.74. The standard InChI is InChI=1S/C19H30O4/c1-17-6-3-4-12(17)11-8-16(22)19(23)10-15(21)14(20)9-18(19,2)13(11)5-7-17/h11-15,20-21,23H,3-10H2,1-2H3/t11-,12-,13-,14-,15-,17-,18+,19-/m0/s1. The molecule has 0 aromatic carbocycles. The van der Waals surface area contributed by atoms with Crippen LogP contribution in [0.15, 0.2) is 0 Å². The molecule has 0 aromatic heterocycles. The van der Waals surface area contributed by atoms with Gasteiger partial charge in [-0.05, 0) is 55.3 Å². The van der Waals surface area contributed by atoms with Crippen molar-refractivity contribution in [2.24, 2.45) is 28.6 Å². The number of aliphatic hydroxyl groups excluding tert-OH is 2. The van der Waals surface area contributed by atoms with Gasteiger partial charge in [0.25, 0.3) is 0 Å². The molecule has 0 amide bonds. The largest absolute Gasteiger partial charge is 0.390 e. The van der Waals surface area contributed by atoms with E-state index in [0.29, 0.717) is 30.1 Å². The van der Waals surface area contributed by atoms with Gasteiger partial charge in [0.15, 0.2) is 5.78 Å². The maximum Gasteiger partial charge on any atom is 0.165 e. The van der Waals surface area contributed by atoms with Crippen molar-refractivity contribution in [3.8, 4) is 0 Å². The number of rotatable bonds is 0.